The van der Waals surface area contributed by atoms with Crippen LogP contribution >= 0.6 is 11.3 Å². The number of ether oxygens (including phenoxy) is 1. The summed E-state index contributed by atoms with van der Waals surface area (Å²) in [6, 6.07) is 9.53. The molecule has 23 heavy (non-hydrogen) atoms. The molecule has 3 rings (SSSR count). The number of nitrogens with zero attached hydrogens (tertiary/aromatic N) is 2. The fourth-order valence-corrected chi connectivity index (χ4v) is 3.04. The Morgan fingerprint density at radius 3 is 2.83 bits per heavy atom. The Balaban J connectivity index is 1.62. The van der Waals surface area contributed by atoms with Crippen LogP contribution in [0, 0.1) is 0 Å². The Bertz CT molecular complexity index is 839. The molecule has 5 nitrogen and oxygen atoms in total. The third-order valence-electron chi connectivity index (χ3n) is 3.63. The van der Waals surface area contributed by atoms with Crippen LogP contribution in [0.5, 0.6) is 5.75 Å². The predicted octanol–water partition coefficient (Wildman–Crippen LogP) is 2.46. The van der Waals surface area contributed by atoms with E-state index in [1.54, 1.807) is 6.07 Å². The fraction of sp³-hybridized carbons (Fsp3) is 0.294. The average Bonchev–Trinajstić information content (AvgIpc) is 3.05. The number of fused-ring (bicyclic) bond motifs is 1. The molecule has 1 N–H and O–H groups in total. The topological polar surface area (TPSA) is 64.3 Å². The van der Waals surface area contributed by atoms with E-state index in [0.29, 0.717) is 16.0 Å². The van der Waals surface area contributed by atoms with Crippen LogP contribution in [0.15, 0.2) is 46.8 Å². The van der Waals surface area contributed by atoms with Gasteiger partial charge in [0, 0.05) is 0 Å². The molecule has 1 atom stereocenters. The zero-order chi connectivity index (χ0) is 16.2. The van der Waals surface area contributed by atoms with Gasteiger partial charge in [-0.05, 0) is 35.6 Å². The summed E-state index contributed by atoms with van der Waals surface area (Å²) in [5, 5.41) is 12.5. The van der Waals surface area contributed by atoms with Gasteiger partial charge in [0.2, 0.25) is 0 Å². The molecule has 0 aliphatic carbocycles. The van der Waals surface area contributed by atoms with Crippen molar-refractivity contribution in [1.29, 1.82) is 0 Å². The molecule has 0 unspecified atom stereocenters. The molecular weight excluding hydrogens is 312 g/mol. The minimum atomic E-state index is -0.781. The third-order valence-corrected chi connectivity index (χ3v) is 4.45. The van der Waals surface area contributed by atoms with Crippen LogP contribution in [-0.4, -0.2) is 27.4 Å². The molecule has 120 valence electrons. The van der Waals surface area contributed by atoms with Crippen molar-refractivity contribution < 1.29 is 9.84 Å². The number of rotatable bonds is 6. The summed E-state index contributed by atoms with van der Waals surface area (Å²) >= 11 is 1.43. The number of aliphatic hydroxyl groups excluding tert-OH is 1. The maximum absolute atomic E-state index is 12.2. The molecule has 2 aromatic heterocycles. The maximum Gasteiger partial charge on any atom is 0.262 e. The first kappa shape index (κ1) is 15.7. The minimum absolute atomic E-state index is 0.125. The lowest BCUT2D eigenvalue weighted by Gasteiger charge is -2.14. The molecule has 6 heteroatoms. The highest BCUT2D eigenvalue weighted by Crippen LogP contribution is 2.14. The van der Waals surface area contributed by atoms with Gasteiger partial charge < -0.3 is 9.84 Å². The maximum atomic E-state index is 12.2. The van der Waals surface area contributed by atoms with Gasteiger partial charge in [0.1, 0.15) is 23.3 Å². The van der Waals surface area contributed by atoms with Gasteiger partial charge in [-0.3, -0.25) is 9.36 Å². The van der Waals surface area contributed by atoms with Gasteiger partial charge in [-0.2, -0.15) is 0 Å². The quantitative estimate of drug-likeness (QED) is 0.754. The van der Waals surface area contributed by atoms with E-state index >= 15 is 0 Å². The van der Waals surface area contributed by atoms with Crippen molar-refractivity contribution in [3.8, 4) is 5.75 Å². The van der Waals surface area contributed by atoms with Gasteiger partial charge in [0.25, 0.3) is 5.56 Å². The molecule has 0 saturated carbocycles. The second-order valence-electron chi connectivity index (χ2n) is 5.30. The lowest BCUT2D eigenvalue weighted by molar-refractivity contribution is 0.0915. The average molecular weight is 330 g/mol. The van der Waals surface area contributed by atoms with Crippen molar-refractivity contribution >= 4 is 21.6 Å². The number of hydrogen-bond donors (Lipinski definition) is 1. The molecule has 0 bridgehead atoms. The fourth-order valence-electron chi connectivity index (χ4n) is 2.32. The summed E-state index contributed by atoms with van der Waals surface area (Å²) in [4.78, 5) is 17.2. The molecule has 0 aliphatic rings. The van der Waals surface area contributed by atoms with E-state index in [1.807, 2.05) is 29.6 Å². The molecule has 0 spiro atoms. The number of hydrogen-bond acceptors (Lipinski definition) is 5. The Labute approximate surface area is 137 Å². The zero-order valence-electron chi connectivity index (χ0n) is 12.8. The van der Waals surface area contributed by atoms with Crippen LogP contribution in [0.3, 0.4) is 0 Å². The van der Waals surface area contributed by atoms with E-state index < -0.39 is 6.10 Å². The molecule has 3 aromatic rings. The van der Waals surface area contributed by atoms with Gasteiger partial charge in [0.05, 0.1) is 18.3 Å². The van der Waals surface area contributed by atoms with Crippen LogP contribution in [0.1, 0.15) is 12.5 Å². The highest BCUT2D eigenvalue weighted by molar-refractivity contribution is 7.16. The number of aliphatic hydroxyl groups is 1. The predicted molar refractivity (Wildman–Crippen MR) is 91.2 cm³/mol. The normalized spacial score (nSPS) is 12.4. The second kappa shape index (κ2) is 6.93. The van der Waals surface area contributed by atoms with E-state index in [2.05, 4.69) is 11.9 Å². The van der Waals surface area contributed by atoms with E-state index in [4.69, 9.17) is 4.74 Å². The smallest absolute Gasteiger partial charge is 0.262 e. The van der Waals surface area contributed by atoms with Crippen LogP contribution in [-0.2, 0) is 13.0 Å². The molecule has 0 saturated heterocycles. The summed E-state index contributed by atoms with van der Waals surface area (Å²) in [6.45, 7) is 2.37. The van der Waals surface area contributed by atoms with Crippen LogP contribution in [0.25, 0.3) is 10.2 Å². The largest absolute Gasteiger partial charge is 0.491 e. The molecule has 2 heterocycles. The minimum Gasteiger partial charge on any atom is -0.491 e. The van der Waals surface area contributed by atoms with Crippen molar-refractivity contribution in [1.82, 2.24) is 9.55 Å². The first-order valence-electron chi connectivity index (χ1n) is 7.50. The van der Waals surface area contributed by atoms with E-state index in [-0.39, 0.29) is 18.7 Å². The number of benzene rings is 1. The van der Waals surface area contributed by atoms with Gasteiger partial charge in [-0.15, -0.1) is 11.3 Å². The van der Waals surface area contributed by atoms with Crippen molar-refractivity contribution in [2.24, 2.45) is 0 Å². The Hall–Kier alpha value is -2.18. The lowest BCUT2D eigenvalue weighted by Crippen LogP contribution is -2.30. The Morgan fingerprint density at radius 2 is 2.09 bits per heavy atom. The van der Waals surface area contributed by atoms with Crippen molar-refractivity contribution in [2.75, 3.05) is 6.61 Å². The van der Waals surface area contributed by atoms with Gasteiger partial charge in [-0.1, -0.05) is 19.1 Å². The van der Waals surface area contributed by atoms with Crippen LogP contribution in [0.2, 0.25) is 0 Å². The first-order valence-corrected chi connectivity index (χ1v) is 8.37. The highest BCUT2D eigenvalue weighted by atomic mass is 32.1. The summed E-state index contributed by atoms with van der Waals surface area (Å²) in [5.41, 5.74) is 1.10. The van der Waals surface area contributed by atoms with Crippen molar-refractivity contribution in [3.05, 3.63) is 58.0 Å². The summed E-state index contributed by atoms with van der Waals surface area (Å²) in [5.74, 6) is 0.708. The van der Waals surface area contributed by atoms with Gasteiger partial charge in [-0.25, -0.2) is 4.98 Å². The summed E-state index contributed by atoms with van der Waals surface area (Å²) in [7, 11) is 0. The second-order valence-corrected chi connectivity index (χ2v) is 6.20. The van der Waals surface area contributed by atoms with Gasteiger partial charge >= 0.3 is 0 Å². The van der Waals surface area contributed by atoms with Gasteiger partial charge in [0.15, 0.2) is 0 Å². The molecule has 1 aromatic carbocycles. The van der Waals surface area contributed by atoms with Crippen LogP contribution in [0.4, 0.5) is 0 Å². The highest BCUT2D eigenvalue weighted by Gasteiger charge is 2.10. The lowest BCUT2D eigenvalue weighted by atomic mass is 10.2. The molecule has 0 amide bonds. The van der Waals surface area contributed by atoms with E-state index in [1.165, 1.54) is 27.8 Å². The monoisotopic (exact) mass is 330 g/mol. The molecule has 0 fully saturated rings. The Morgan fingerprint density at radius 1 is 1.30 bits per heavy atom. The third kappa shape index (κ3) is 3.60. The van der Waals surface area contributed by atoms with Crippen LogP contribution < -0.4 is 10.3 Å². The SMILES string of the molecule is CCc1ccc(OC[C@H](O)Cn2cnc3sccc3c2=O)cc1. The van der Waals surface area contributed by atoms with Crippen molar-refractivity contribution in [3.63, 3.8) is 0 Å². The molecule has 0 aliphatic heterocycles. The summed E-state index contributed by atoms with van der Waals surface area (Å²) in [6.07, 6.45) is 1.67. The standard InChI is InChI=1S/C17H18N2O3S/c1-2-12-3-5-14(6-4-12)22-10-13(20)9-19-11-18-16-15(17(19)21)7-8-23-16/h3-8,11,13,20H,2,9-10H2,1H3/t13-/m1/s1. The zero-order valence-corrected chi connectivity index (χ0v) is 13.6. The molecule has 0 radical (unpaired) electrons. The van der Waals surface area contributed by atoms with Crippen molar-refractivity contribution in [2.45, 2.75) is 26.0 Å². The van der Waals surface area contributed by atoms with E-state index in [9.17, 15) is 9.90 Å². The first-order chi connectivity index (χ1) is 11.2. The Kier molecular flexibility index (Phi) is 4.73. The van der Waals surface area contributed by atoms with E-state index in [0.717, 1.165) is 6.42 Å². The molecular formula is C17H18N2O3S. The number of thiophene rings is 1. The number of aryl methyl sites for hydroxylation is 1. The number of aromatic nitrogens is 2. The summed E-state index contributed by atoms with van der Waals surface area (Å²) < 4.78 is 6.99.